The molecule has 0 bridgehead atoms. The summed E-state index contributed by atoms with van der Waals surface area (Å²) in [6.07, 6.45) is -10.7. The summed E-state index contributed by atoms with van der Waals surface area (Å²) in [7, 11) is 0. The van der Waals surface area contributed by atoms with Gasteiger partial charge >= 0.3 is 24.6 Å². The van der Waals surface area contributed by atoms with E-state index in [1.165, 1.54) is 48.5 Å². The third kappa shape index (κ3) is 6.44. The van der Waals surface area contributed by atoms with Gasteiger partial charge in [0, 0.05) is 0 Å². The Bertz CT molecular complexity index is 1310. The van der Waals surface area contributed by atoms with Crippen molar-refractivity contribution < 1.29 is 45.7 Å². The molecule has 4 rings (SSSR count). The maximum absolute atomic E-state index is 12.8. The van der Waals surface area contributed by atoms with Crippen molar-refractivity contribution in [2.24, 2.45) is 0 Å². The third-order valence-corrected chi connectivity index (χ3v) is 5.45. The van der Waals surface area contributed by atoms with E-state index in [9.17, 15) is 36.2 Å². The standard InChI is InChI=1S/C28H18F6O4/c29-27(30,31)21-11-7-17(8-12-21)19-3-1-5-23(15-19)37-26(25(35)36)38-24-6-2-4-20(16-24)18-9-13-22(14-10-18)28(32,33)34/h1-16,26H,(H,35,36). The SMILES string of the molecule is O=C(O)C(Oc1cccc(-c2ccc(C(F)(F)F)cc2)c1)Oc1cccc(-c2ccc(C(F)(F)F)cc2)c1. The first kappa shape index (κ1) is 26.6. The van der Waals surface area contributed by atoms with E-state index in [0.717, 1.165) is 24.3 Å². The second-order valence-electron chi connectivity index (χ2n) is 8.11. The van der Waals surface area contributed by atoms with Crippen molar-refractivity contribution >= 4 is 5.97 Å². The zero-order chi connectivity index (χ0) is 27.5. The fourth-order valence-corrected chi connectivity index (χ4v) is 3.57. The number of alkyl halides is 6. The molecule has 0 radical (unpaired) electrons. The molecule has 0 unspecified atom stereocenters. The lowest BCUT2D eigenvalue weighted by Crippen LogP contribution is -2.33. The zero-order valence-corrected chi connectivity index (χ0v) is 19.3. The van der Waals surface area contributed by atoms with Crippen LogP contribution in [0.5, 0.6) is 11.5 Å². The summed E-state index contributed by atoms with van der Waals surface area (Å²) in [4.78, 5) is 11.8. The summed E-state index contributed by atoms with van der Waals surface area (Å²) >= 11 is 0. The van der Waals surface area contributed by atoms with Crippen LogP contribution < -0.4 is 9.47 Å². The largest absolute Gasteiger partial charge is 0.476 e. The van der Waals surface area contributed by atoms with Gasteiger partial charge in [0.25, 0.3) is 0 Å². The highest BCUT2D eigenvalue weighted by Gasteiger charge is 2.31. The highest BCUT2D eigenvalue weighted by molar-refractivity contribution is 5.72. The Morgan fingerprint density at radius 1 is 0.579 bits per heavy atom. The van der Waals surface area contributed by atoms with Gasteiger partial charge < -0.3 is 14.6 Å². The molecule has 0 aromatic heterocycles. The minimum absolute atomic E-state index is 0.0914. The molecule has 1 N–H and O–H groups in total. The molecule has 0 saturated carbocycles. The second kappa shape index (κ2) is 10.5. The van der Waals surface area contributed by atoms with Gasteiger partial charge in [-0.15, -0.1) is 0 Å². The summed E-state index contributed by atoms with van der Waals surface area (Å²) < 4.78 is 88.0. The quantitative estimate of drug-likeness (QED) is 0.194. The molecule has 0 spiro atoms. The van der Waals surface area contributed by atoms with Crippen molar-refractivity contribution in [1.82, 2.24) is 0 Å². The number of rotatable bonds is 7. The number of aliphatic carboxylic acids is 1. The highest BCUT2D eigenvalue weighted by atomic mass is 19.4. The van der Waals surface area contributed by atoms with E-state index in [0.29, 0.717) is 22.3 Å². The lowest BCUT2D eigenvalue weighted by atomic mass is 10.0. The molecule has 0 fully saturated rings. The topological polar surface area (TPSA) is 55.8 Å². The minimum atomic E-state index is -4.47. The van der Waals surface area contributed by atoms with E-state index in [4.69, 9.17) is 9.47 Å². The molecular formula is C28H18F6O4. The van der Waals surface area contributed by atoms with Crippen LogP contribution >= 0.6 is 0 Å². The van der Waals surface area contributed by atoms with E-state index in [2.05, 4.69) is 0 Å². The van der Waals surface area contributed by atoms with Gasteiger partial charge in [0.2, 0.25) is 0 Å². The van der Waals surface area contributed by atoms with Crippen LogP contribution in [0.2, 0.25) is 0 Å². The number of ether oxygens (including phenoxy) is 2. The van der Waals surface area contributed by atoms with Crippen LogP contribution in [-0.4, -0.2) is 17.4 Å². The number of hydrogen-bond donors (Lipinski definition) is 1. The Balaban J connectivity index is 1.51. The molecule has 0 amide bonds. The van der Waals surface area contributed by atoms with Crippen LogP contribution in [0, 0.1) is 0 Å². The Hall–Kier alpha value is -4.47. The highest BCUT2D eigenvalue weighted by Crippen LogP contribution is 2.33. The van der Waals surface area contributed by atoms with Crippen LogP contribution in [0.25, 0.3) is 22.3 Å². The number of carboxylic acid groups (broad SMARTS) is 1. The fraction of sp³-hybridized carbons (Fsp3) is 0.107. The molecule has 4 nitrogen and oxygen atoms in total. The van der Waals surface area contributed by atoms with E-state index in [1.807, 2.05) is 0 Å². The van der Waals surface area contributed by atoms with Crippen LogP contribution in [-0.2, 0) is 17.1 Å². The number of halogens is 6. The molecule has 0 atom stereocenters. The average Bonchev–Trinajstić information content (AvgIpc) is 2.88. The molecule has 10 heteroatoms. The number of benzene rings is 4. The molecule has 4 aromatic carbocycles. The number of carbonyl (C=O) groups is 1. The van der Waals surface area contributed by atoms with Gasteiger partial charge in [-0.25, -0.2) is 4.79 Å². The van der Waals surface area contributed by atoms with Gasteiger partial charge in [0.15, 0.2) is 0 Å². The van der Waals surface area contributed by atoms with E-state index < -0.39 is 35.7 Å². The molecule has 0 aliphatic heterocycles. The first-order valence-electron chi connectivity index (χ1n) is 11.0. The van der Waals surface area contributed by atoms with Crippen molar-refractivity contribution in [2.45, 2.75) is 18.6 Å². The number of carboxylic acids is 1. The van der Waals surface area contributed by atoms with Gasteiger partial charge in [-0.2, -0.15) is 26.3 Å². The third-order valence-electron chi connectivity index (χ3n) is 5.45. The average molecular weight is 532 g/mol. The Kier molecular flexibility index (Phi) is 7.34. The Morgan fingerprint density at radius 2 is 0.947 bits per heavy atom. The molecule has 38 heavy (non-hydrogen) atoms. The van der Waals surface area contributed by atoms with Crippen LogP contribution in [0.4, 0.5) is 26.3 Å². The van der Waals surface area contributed by atoms with Crippen molar-refractivity contribution in [3.05, 3.63) is 108 Å². The molecule has 196 valence electrons. The Morgan fingerprint density at radius 3 is 1.26 bits per heavy atom. The smallest absolute Gasteiger partial charge is 0.416 e. The molecule has 0 aliphatic rings. The van der Waals surface area contributed by atoms with Gasteiger partial charge in [-0.1, -0.05) is 48.5 Å². The summed E-state index contributed by atoms with van der Waals surface area (Å²) in [5.74, 6) is -1.27. The summed E-state index contributed by atoms with van der Waals surface area (Å²) in [5.41, 5.74) is 0.299. The normalized spacial score (nSPS) is 11.9. The van der Waals surface area contributed by atoms with Crippen molar-refractivity contribution in [3.8, 4) is 33.8 Å². The molecule has 0 heterocycles. The molecular weight excluding hydrogens is 514 g/mol. The van der Waals surface area contributed by atoms with Gasteiger partial charge in [0.05, 0.1) is 11.1 Å². The zero-order valence-electron chi connectivity index (χ0n) is 19.3. The number of hydrogen-bond acceptors (Lipinski definition) is 3. The first-order chi connectivity index (χ1) is 17.9. The Labute approximate surface area is 212 Å². The summed E-state index contributed by atoms with van der Waals surface area (Å²) in [6, 6.07) is 21.1. The first-order valence-corrected chi connectivity index (χ1v) is 11.0. The predicted octanol–water partition coefficient (Wildman–Crippen LogP) is 7.93. The minimum Gasteiger partial charge on any atom is -0.476 e. The second-order valence-corrected chi connectivity index (χ2v) is 8.11. The van der Waals surface area contributed by atoms with E-state index in [1.54, 1.807) is 24.3 Å². The summed E-state index contributed by atoms with van der Waals surface area (Å²) in [6.45, 7) is 0. The van der Waals surface area contributed by atoms with Crippen LogP contribution in [0.3, 0.4) is 0 Å². The maximum atomic E-state index is 12.8. The van der Waals surface area contributed by atoms with E-state index >= 15 is 0 Å². The molecule has 0 aliphatic carbocycles. The summed E-state index contributed by atoms with van der Waals surface area (Å²) in [5, 5.41) is 9.62. The monoisotopic (exact) mass is 532 g/mol. The van der Waals surface area contributed by atoms with Gasteiger partial charge in [-0.3, -0.25) is 0 Å². The van der Waals surface area contributed by atoms with Crippen molar-refractivity contribution in [2.75, 3.05) is 0 Å². The fourth-order valence-electron chi connectivity index (χ4n) is 3.57. The molecule has 4 aromatic rings. The maximum Gasteiger partial charge on any atom is 0.416 e. The predicted molar refractivity (Wildman–Crippen MR) is 126 cm³/mol. The van der Waals surface area contributed by atoms with Gasteiger partial charge in [0.1, 0.15) is 11.5 Å². The molecule has 0 saturated heterocycles. The lowest BCUT2D eigenvalue weighted by Gasteiger charge is -2.18. The van der Waals surface area contributed by atoms with Crippen LogP contribution in [0.15, 0.2) is 97.1 Å². The lowest BCUT2D eigenvalue weighted by molar-refractivity contribution is -0.158. The van der Waals surface area contributed by atoms with Gasteiger partial charge in [-0.05, 0) is 70.8 Å². The van der Waals surface area contributed by atoms with Crippen molar-refractivity contribution in [3.63, 3.8) is 0 Å². The van der Waals surface area contributed by atoms with E-state index in [-0.39, 0.29) is 11.5 Å². The van der Waals surface area contributed by atoms with Crippen LogP contribution in [0.1, 0.15) is 11.1 Å². The van der Waals surface area contributed by atoms with Crippen molar-refractivity contribution in [1.29, 1.82) is 0 Å².